The van der Waals surface area contributed by atoms with Crippen molar-refractivity contribution in [2.75, 3.05) is 39.1 Å². The molecule has 1 aromatic carbocycles. The van der Waals surface area contributed by atoms with Crippen LogP contribution in [-0.2, 0) is 9.53 Å². The molecule has 0 spiro atoms. The highest BCUT2D eigenvalue weighted by molar-refractivity contribution is 8.00. The lowest BCUT2D eigenvalue weighted by Gasteiger charge is -2.08. The number of amides is 1. The lowest BCUT2D eigenvalue weighted by Crippen LogP contribution is -2.33. The molecule has 1 amide bonds. The Morgan fingerprint density at radius 3 is 2.45 bits per heavy atom. The minimum atomic E-state index is 0. The zero-order valence-corrected chi connectivity index (χ0v) is 15.2. The molecule has 0 unspecified atom stereocenters. The van der Waals surface area contributed by atoms with Gasteiger partial charge in [-0.15, -0.1) is 24.2 Å². The summed E-state index contributed by atoms with van der Waals surface area (Å²) in [6.07, 6.45) is 0. The summed E-state index contributed by atoms with van der Waals surface area (Å²) in [4.78, 5) is 12.8. The number of ether oxygens (including phenoxy) is 1. The van der Waals surface area contributed by atoms with Crippen LogP contribution in [0, 0.1) is 0 Å². The van der Waals surface area contributed by atoms with Crippen molar-refractivity contribution < 1.29 is 9.53 Å². The van der Waals surface area contributed by atoms with Crippen molar-refractivity contribution in [2.45, 2.75) is 24.7 Å². The first-order valence-electron chi connectivity index (χ1n) is 7.32. The molecule has 1 rings (SSSR count). The zero-order chi connectivity index (χ0) is 15.5. The van der Waals surface area contributed by atoms with E-state index in [0.29, 0.717) is 24.8 Å². The van der Waals surface area contributed by atoms with E-state index in [4.69, 9.17) is 4.74 Å². The molecular weight excluding hydrogens is 320 g/mol. The van der Waals surface area contributed by atoms with E-state index in [1.54, 1.807) is 18.9 Å². The van der Waals surface area contributed by atoms with Crippen LogP contribution in [-0.4, -0.2) is 45.0 Å². The fourth-order valence-corrected chi connectivity index (χ4v) is 2.47. The molecule has 0 aliphatic heterocycles. The number of halogens is 1. The first-order chi connectivity index (χ1) is 10.1. The number of carbonyl (C=O) groups excluding carboxylic acids is 1. The van der Waals surface area contributed by atoms with E-state index in [0.717, 1.165) is 18.0 Å². The van der Waals surface area contributed by atoms with Crippen LogP contribution in [0.3, 0.4) is 0 Å². The minimum Gasteiger partial charge on any atom is -0.383 e. The topological polar surface area (TPSA) is 50.4 Å². The van der Waals surface area contributed by atoms with Crippen molar-refractivity contribution in [2.24, 2.45) is 0 Å². The molecule has 0 saturated carbocycles. The van der Waals surface area contributed by atoms with E-state index in [-0.39, 0.29) is 18.3 Å². The molecule has 0 aliphatic carbocycles. The van der Waals surface area contributed by atoms with Crippen molar-refractivity contribution >= 4 is 30.1 Å². The Labute approximate surface area is 144 Å². The highest BCUT2D eigenvalue weighted by Crippen LogP contribution is 2.21. The molecule has 2 N–H and O–H groups in total. The smallest absolute Gasteiger partial charge is 0.230 e. The largest absolute Gasteiger partial charge is 0.383 e. The van der Waals surface area contributed by atoms with E-state index < -0.39 is 0 Å². The minimum absolute atomic E-state index is 0. The Balaban J connectivity index is 0.00000441. The number of methoxy groups -OCH3 is 1. The van der Waals surface area contributed by atoms with Crippen LogP contribution in [0.25, 0.3) is 0 Å². The fraction of sp³-hybridized carbons (Fsp3) is 0.562. The number of rotatable bonds is 10. The highest BCUT2D eigenvalue weighted by Gasteiger charge is 2.03. The maximum absolute atomic E-state index is 11.7. The Kier molecular flexibility index (Phi) is 12.3. The van der Waals surface area contributed by atoms with Gasteiger partial charge in [0.05, 0.1) is 12.4 Å². The number of thioether (sulfide) groups is 1. The maximum atomic E-state index is 11.7. The van der Waals surface area contributed by atoms with E-state index in [1.807, 2.05) is 0 Å². The van der Waals surface area contributed by atoms with Crippen LogP contribution in [0.15, 0.2) is 29.2 Å². The van der Waals surface area contributed by atoms with Gasteiger partial charge in [0.2, 0.25) is 5.91 Å². The summed E-state index contributed by atoms with van der Waals surface area (Å²) in [7, 11) is 1.67. The van der Waals surface area contributed by atoms with Gasteiger partial charge >= 0.3 is 0 Å². The van der Waals surface area contributed by atoms with Crippen molar-refractivity contribution in [1.82, 2.24) is 10.6 Å². The third kappa shape index (κ3) is 9.30. The molecule has 0 aliphatic rings. The first kappa shape index (κ1) is 21.2. The highest BCUT2D eigenvalue weighted by atomic mass is 35.5. The average Bonchev–Trinajstić information content (AvgIpc) is 2.49. The number of hydrogen-bond donors (Lipinski definition) is 2. The van der Waals surface area contributed by atoms with Crippen molar-refractivity contribution in [3.63, 3.8) is 0 Å². The molecule has 0 radical (unpaired) electrons. The molecule has 6 heteroatoms. The van der Waals surface area contributed by atoms with Gasteiger partial charge in [-0.3, -0.25) is 4.79 Å². The van der Waals surface area contributed by atoms with Crippen molar-refractivity contribution in [1.29, 1.82) is 0 Å². The fourth-order valence-electron chi connectivity index (χ4n) is 1.74. The van der Waals surface area contributed by atoms with Gasteiger partial charge in [-0.2, -0.15) is 0 Å². The van der Waals surface area contributed by atoms with E-state index in [9.17, 15) is 4.79 Å². The summed E-state index contributed by atoms with van der Waals surface area (Å²) in [5.74, 6) is 1.07. The maximum Gasteiger partial charge on any atom is 0.230 e. The standard InChI is InChI=1S/C16H26N2O2S.ClH/c1-13(2)14-4-6-15(7-5-14)21-12-16(19)18-9-8-17-10-11-20-3;/h4-7,13,17H,8-12H2,1-3H3,(H,18,19);1H. The van der Waals surface area contributed by atoms with Crippen LogP contribution < -0.4 is 10.6 Å². The lowest BCUT2D eigenvalue weighted by atomic mass is 10.0. The number of benzene rings is 1. The summed E-state index contributed by atoms with van der Waals surface area (Å²) in [5, 5.41) is 6.08. The molecular formula is C16H27ClN2O2S. The Bertz CT molecular complexity index is 413. The second kappa shape index (κ2) is 12.8. The predicted octanol–water partition coefficient (Wildman–Crippen LogP) is 2.68. The molecule has 4 nitrogen and oxygen atoms in total. The van der Waals surface area contributed by atoms with Crippen molar-refractivity contribution in [3.05, 3.63) is 29.8 Å². The van der Waals surface area contributed by atoms with Gasteiger partial charge in [-0.05, 0) is 23.6 Å². The molecule has 0 bridgehead atoms. The molecule has 0 aromatic heterocycles. The van der Waals surface area contributed by atoms with Crippen LogP contribution in [0.2, 0.25) is 0 Å². The van der Waals surface area contributed by atoms with Gasteiger partial charge in [0.1, 0.15) is 0 Å². The number of carbonyl (C=O) groups is 1. The second-order valence-electron chi connectivity index (χ2n) is 5.11. The molecule has 126 valence electrons. The van der Waals surface area contributed by atoms with Crippen LogP contribution in [0.4, 0.5) is 0 Å². The quantitative estimate of drug-likeness (QED) is 0.505. The Morgan fingerprint density at radius 1 is 1.18 bits per heavy atom. The molecule has 0 heterocycles. The summed E-state index contributed by atoms with van der Waals surface area (Å²) in [6, 6.07) is 8.43. The molecule has 0 fully saturated rings. The summed E-state index contributed by atoms with van der Waals surface area (Å²) < 4.78 is 4.93. The van der Waals surface area contributed by atoms with Gasteiger partial charge in [-0.25, -0.2) is 0 Å². The average molecular weight is 347 g/mol. The number of hydrogen-bond acceptors (Lipinski definition) is 4. The molecule has 22 heavy (non-hydrogen) atoms. The lowest BCUT2D eigenvalue weighted by molar-refractivity contribution is -0.118. The normalized spacial score (nSPS) is 10.4. The first-order valence-corrected chi connectivity index (χ1v) is 8.31. The Morgan fingerprint density at radius 2 is 1.86 bits per heavy atom. The van der Waals surface area contributed by atoms with Gasteiger partial charge in [0.15, 0.2) is 0 Å². The summed E-state index contributed by atoms with van der Waals surface area (Å²) in [5.41, 5.74) is 1.32. The summed E-state index contributed by atoms with van der Waals surface area (Å²) >= 11 is 1.57. The zero-order valence-electron chi connectivity index (χ0n) is 13.6. The van der Waals surface area contributed by atoms with E-state index in [2.05, 4.69) is 48.7 Å². The monoisotopic (exact) mass is 346 g/mol. The molecule has 1 aromatic rings. The molecule has 0 atom stereocenters. The Hall–Kier alpha value is -0.750. The molecule has 0 saturated heterocycles. The second-order valence-corrected chi connectivity index (χ2v) is 6.15. The third-order valence-electron chi connectivity index (χ3n) is 3.02. The van der Waals surface area contributed by atoms with Gasteiger partial charge in [0.25, 0.3) is 0 Å². The predicted molar refractivity (Wildman–Crippen MR) is 96.3 cm³/mol. The van der Waals surface area contributed by atoms with Crippen LogP contribution >= 0.6 is 24.2 Å². The van der Waals surface area contributed by atoms with Gasteiger partial charge < -0.3 is 15.4 Å². The van der Waals surface area contributed by atoms with Crippen molar-refractivity contribution in [3.8, 4) is 0 Å². The van der Waals surface area contributed by atoms with Gasteiger partial charge in [-0.1, -0.05) is 26.0 Å². The SMILES string of the molecule is COCCNCCNC(=O)CSc1ccc(C(C)C)cc1.Cl. The summed E-state index contributed by atoms with van der Waals surface area (Å²) in [6.45, 7) is 7.27. The van der Waals surface area contributed by atoms with Crippen LogP contribution in [0.1, 0.15) is 25.3 Å². The van der Waals surface area contributed by atoms with Gasteiger partial charge in [0, 0.05) is 31.6 Å². The van der Waals surface area contributed by atoms with Crippen LogP contribution in [0.5, 0.6) is 0 Å². The number of nitrogens with one attached hydrogen (secondary N) is 2. The van der Waals surface area contributed by atoms with E-state index >= 15 is 0 Å². The third-order valence-corrected chi connectivity index (χ3v) is 4.04. The van der Waals surface area contributed by atoms with E-state index in [1.165, 1.54) is 5.56 Å².